The summed E-state index contributed by atoms with van der Waals surface area (Å²) in [6.07, 6.45) is 8.01. The fourth-order valence-electron chi connectivity index (χ4n) is 2.65. The highest BCUT2D eigenvalue weighted by Gasteiger charge is 2.09. The molecular formula is C25H27NO5. The summed E-state index contributed by atoms with van der Waals surface area (Å²) in [6, 6.07) is 12.5. The molecule has 0 aromatic heterocycles. The molecule has 0 aliphatic heterocycles. The van der Waals surface area contributed by atoms with Crippen LogP contribution in [0.2, 0.25) is 0 Å². The van der Waals surface area contributed by atoms with Crippen molar-refractivity contribution in [1.29, 1.82) is 5.26 Å². The van der Waals surface area contributed by atoms with Crippen LogP contribution in [0, 0.1) is 11.3 Å². The molecule has 0 saturated carbocycles. The molecule has 6 nitrogen and oxygen atoms in total. The van der Waals surface area contributed by atoms with Gasteiger partial charge in [0.15, 0.2) is 23.0 Å². The fraction of sp³-hybridized carbons (Fsp3) is 0.280. The van der Waals surface area contributed by atoms with Crippen molar-refractivity contribution in [2.75, 3.05) is 20.3 Å². The van der Waals surface area contributed by atoms with E-state index in [1.807, 2.05) is 31.2 Å². The quantitative estimate of drug-likeness (QED) is 0.158. The van der Waals surface area contributed by atoms with Crippen LogP contribution in [0.25, 0.3) is 12.2 Å². The molecule has 2 rings (SSSR count). The number of nitriles is 1. The predicted molar refractivity (Wildman–Crippen MR) is 120 cm³/mol. The highest BCUT2D eigenvalue weighted by Crippen LogP contribution is 2.30. The first-order valence-corrected chi connectivity index (χ1v) is 10.1. The fourth-order valence-corrected chi connectivity index (χ4v) is 2.65. The molecule has 0 radical (unpaired) electrons. The van der Waals surface area contributed by atoms with Gasteiger partial charge in [0.1, 0.15) is 0 Å². The van der Waals surface area contributed by atoms with Gasteiger partial charge in [-0.05, 0) is 60.9 Å². The molecule has 0 spiro atoms. The monoisotopic (exact) mass is 421 g/mol. The van der Waals surface area contributed by atoms with Crippen LogP contribution in [0.1, 0.15) is 37.8 Å². The average Bonchev–Trinajstić information content (AvgIpc) is 2.78. The van der Waals surface area contributed by atoms with Crippen molar-refractivity contribution < 1.29 is 23.7 Å². The van der Waals surface area contributed by atoms with Crippen molar-refractivity contribution in [3.63, 3.8) is 0 Å². The number of hydrogen-bond acceptors (Lipinski definition) is 6. The molecule has 0 fully saturated rings. The van der Waals surface area contributed by atoms with E-state index in [0.717, 1.165) is 24.0 Å². The van der Waals surface area contributed by atoms with E-state index in [2.05, 4.69) is 6.92 Å². The maximum atomic E-state index is 12.3. The predicted octanol–water partition coefficient (Wildman–Crippen LogP) is 5.43. The van der Waals surface area contributed by atoms with Crippen molar-refractivity contribution in [3.05, 3.63) is 59.7 Å². The van der Waals surface area contributed by atoms with Crippen LogP contribution in [0.5, 0.6) is 23.0 Å². The Morgan fingerprint density at radius 1 is 0.968 bits per heavy atom. The molecular weight excluding hydrogens is 394 g/mol. The molecule has 0 saturated heterocycles. The van der Waals surface area contributed by atoms with Gasteiger partial charge in [0.25, 0.3) is 0 Å². The second-order valence-electron chi connectivity index (χ2n) is 6.47. The normalized spacial score (nSPS) is 10.8. The van der Waals surface area contributed by atoms with Crippen molar-refractivity contribution in [1.82, 2.24) is 0 Å². The van der Waals surface area contributed by atoms with E-state index in [4.69, 9.17) is 24.2 Å². The van der Waals surface area contributed by atoms with Crippen LogP contribution in [-0.2, 0) is 4.79 Å². The summed E-state index contributed by atoms with van der Waals surface area (Å²) in [4.78, 5) is 12.3. The summed E-state index contributed by atoms with van der Waals surface area (Å²) < 4.78 is 22.1. The number of hydrogen-bond donors (Lipinski definition) is 0. The van der Waals surface area contributed by atoms with Gasteiger partial charge in [-0.1, -0.05) is 25.5 Å². The summed E-state index contributed by atoms with van der Waals surface area (Å²) in [5.41, 5.74) is 1.55. The van der Waals surface area contributed by atoms with Gasteiger partial charge in [-0.3, -0.25) is 0 Å². The number of ether oxygens (including phenoxy) is 4. The number of allylic oxidation sites excluding steroid dienone is 1. The van der Waals surface area contributed by atoms with Gasteiger partial charge in [0.2, 0.25) is 0 Å². The Hall–Kier alpha value is -3.72. The van der Waals surface area contributed by atoms with E-state index < -0.39 is 5.97 Å². The summed E-state index contributed by atoms with van der Waals surface area (Å²) in [5.74, 6) is 1.47. The van der Waals surface area contributed by atoms with E-state index >= 15 is 0 Å². The molecule has 2 aromatic rings. The first-order valence-electron chi connectivity index (χ1n) is 10.1. The van der Waals surface area contributed by atoms with E-state index in [1.165, 1.54) is 19.3 Å². The van der Waals surface area contributed by atoms with E-state index in [-0.39, 0.29) is 0 Å². The largest absolute Gasteiger partial charge is 0.493 e. The molecule has 0 bridgehead atoms. The minimum atomic E-state index is -0.542. The van der Waals surface area contributed by atoms with Crippen LogP contribution >= 0.6 is 0 Å². The van der Waals surface area contributed by atoms with Gasteiger partial charge < -0.3 is 18.9 Å². The van der Waals surface area contributed by atoms with Crippen molar-refractivity contribution in [2.45, 2.75) is 26.7 Å². The van der Waals surface area contributed by atoms with E-state index in [1.54, 1.807) is 30.4 Å². The molecule has 31 heavy (non-hydrogen) atoms. The standard InChI is InChI=1S/C25H27NO5/c1-4-6-16-30-21-12-9-20(18-24(21)29-5-2)11-14-25(27)31-22-13-10-19(8-7-15-26)17-23(22)28-3/h7-14,17-18H,4-6,16H2,1-3H3/b8-7-,14-11+. The summed E-state index contributed by atoms with van der Waals surface area (Å²) in [7, 11) is 1.49. The van der Waals surface area contributed by atoms with Crippen LogP contribution < -0.4 is 18.9 Å². The molecule has 0 amide bonds. The second-order valence-corrected chi connectivity index (χ2v) is 6.47. The Bertz CT molecular complexity index is 972. The maximum Gasteiger partial charge on any atom is 0.336 e. The Balaban J connectivity index is 2.09. The lowest BCUT2D eigenvalue weighted by molar-refractivity contribution is -0.129. The third-order valence-electron chi connectivity index (χ3n) is 4.18. The smallest absolute Gasteiger partial charge is 0.336 e. The lowest BCUT2D eigenvalue weighted by atomic mass is 10.2. The molecule has 0 N–H and O–H groups in total. The zero-order chi connectivity index (χ0) is 22.5. The number of nitrogens with zero attached hydrogens (tertiary/aromatic N) is 1. The number of carbonyl (C=O) groups is 1. The molecule has 0 unspecified atom stereocenters. The molecule has 0 aliphatic carbocycles. The molecule has 162 valence electrons. The number of methoxy groups -OCH3 is 1. The number of carbonyl (C=O) groups excluding carboxylic acids is 1. The summed E-state index contributed by atoms with van der Waals surface area (Å²) >= 11 is 0. The zero-order valence-electron chi connectivity index (χ0n) is 18.1. The topological polar surface area (TPSA) is 77.8 Å². The SMILES string of the molecule is CCCCOc1ccc(/C=C/C(=O)Oc2ccc(/C=C\C#N)cc2OC)cc1OCC. The Morgan fingerprint density at radius 2 is 1.68 bits per heavy atom. The second kappa shape index (κ2) is 12.8. The number of unbranched alkanes of at least 4 members (excludes halogenated alkanes) is 1. The molecule has 6 heteroatoms. The van der Waals surface area contributed by atoms with Crippen molar-refractivity contribution >= 4 is 18.1 Å². The number of rotatable bonds is 11. The molecule has 0 aliphatic rings. The average molecular weight is 421 g/mol. The van der Waals surface area contributed by atoms with Gasteiger partial charge >= 0.3 is 5.97 Å². The van der Waals surface area contributed by atoms with Gasteiger partial charge in [0, 0.05) is 12.2 Å². The van der Waals surface area contributed by atoms with Gasteiger partial charge in [-0.25, -0.2) is 4.79 Å². The molecule has 0 atom stereocenters. The first kappa shape index (κ1) is 23.6. The van der Waals surface area contributed by atoms with Crippen molar-refractivity contribution in [2.24, 2.45) is 0 Å². The highest BCUT2D eigenvalue weighted by molar-refractivity contribution is 5.89. The third kappa shape index (κ3) is 7.56. The third-order valence-corrected chi connectivity index (χ3v) is 4.18. The zero-order valence-corrected chi connectivity index (χ0v) is 18.1. The van der Waals surface area contributed by atoms with E-state index in [0.29, 0.717) is 36.2 Å². The van der Waals surface area contributed by atoms with Crippen LogP contribution in [0.15, 0.2) is 48.6 Å². The number of esters is 1. The highest BCUT2D eigenvalue weighted by atomic mass is 16.6. The minimum Gasteiger partial charge on any atom is -0.493 e. The summed E-state index contributed by atoms with van der Waals surface area (Å²) in [5, 5.41) is 8.63. The Morgan fingerprint density at radius 3 is 2.35 bits per heavy atom. The lowest BCUT2D eigenvalue weighted by Crippen LogP contribution is -2.05. The Labute approximate surface area is 183 Å². The minimum absolute atomic E-state index is 0.293. The summed E-state index contributed by atoms with van der Waals surface area (Å²) in [6.45, 7) is 5.16. The van der Waals surface area contributed by atoms with Crippen LogP contribution in [0.3, 0.4) is 0 Å². The molecule has 2 aromatic carbocycles. The first-order chi connectivity index (χ1) is 15.1. The van der Waals surface area contributed by atoms with Crippen LogP contribution in [-0.4, -0.2) is 26.3 Å². The maximum absolute atomic E-state index is 12.3. The van der Waals surface area contributed by atoms with Gasteiger partial charge in [0.05, 0.1) is 26.4 Å². The Kier molecular flexibility index (Phi) is 9.70. The lowest BCUT2D eigenvalue weighted by Gasteiger charge is -2.12. The van der Waals surface area contributed by atoms with E-state index in [9.17, 15) is 4.79 Å². The number of benzene rings is 2. The van der Waals surface area contributed by atoms with Crippen LogP contribution in [0.4, 0.5) is 0 Å². The van der Waals surface area contributed by atoms with Gasteiger partial charge in [-0.15, -0.1) is 0 Å². The molecule has 0 heterocycles. The van der Waals surface area contributed by atoms with Gasteiger partial charge in [-0.2, -0.15) is 5.26 Å². The van der Waals surface area contributed by atoms with Crippen molar-refractivity contribution in [3.8, 4) is 29.1 Å².